The zero-order chi connectivity index (χ0) is 18.3. The third-order valence-electron chi connectivity index (χ3n) is 4.12. The van der Waals surface area contributed by atoms with Gasteiger partial charge in [-0.1, -0.05) is 48.5 Å². The lowest BCUT2D eigenvalue weighted by Gasteiger charge is -2.22. The average molecular weight is 334 g/mol. The van der Waals surface area contributed by atoms with E-state index in [1.54, 1.807) is 0 Å². The Labute approximate surface area is 147 Å². The molecule has 1 rings (SSSR count). The van der Waals surface area contributed by atoms with Crippen LogP contribution in [-0.2, 0) is 4.79 Å². The molecule has 24 heavy (non-hydrogen) atoms. The molecule has 4 nitrogen and oxygen atoms in total. The summed E-state index contributed by atoms with van der Waals surface area (Å²) >= 11 is 0. The normalized spacial score (nSPS) is 11.7. The zero-order valence-corrected chi connectivity index (χ0v) is 16.4. The molecular weight excluding hydrogens is 298 g/mol. The third-order valence-corrected chi connectivity index (χ3v) is 4.12. The van der Waals surface area contributed by atoms with Gasteiger partial charge in [0.15, 0.2) is 0 Å². The second kappa shape index (κ2) is 8.95. The first-order valence-corrected chi connectivity index (χ1v) is 9.08. The highest BCUT2D eigenvalue weighted by atomic mass is 16.2. The Morgan fingerprint density at radius 3 is 1.71 bits per heavy atom. The molecule has 0 aliphatic heterocycles. The Bertz CT molecular complexity index is 505. The first kappa shape index (κ1) is 20.3. The molecule has 136 valence electrons. The van der Waals surface area contributed by atoms with Crippen LogP contribution in [0.4, 0.5) is 17.1 Å². The molecule has 1 amide bonds. The monoisotopic (exact) mass is 333 g/mol. The molecule has 0 atom stereocenters. The number of amides is 1. The molecule has 0 aliphatic carbocycles. The lowest BCUT2D eigenvalue weighted by Crippen LogP contribution is -2.30. The smallest absolute Gasteiger partial charge is 0.230 e. The van der Waals surface area contributed by atoms with Crippen molar-refractivity contribution in [1.82, 2.24) is 0 Å². The maximum absolute atomic E-state index is 12.5. The number of carbonyl (C=O) groups is 1. The number of hydrogen-bond donors (Lipinski definition) is 3. The van der Waals surface area contributed by atoms with Crippen LogP contribution < -0.4 is 16.0 Å². The van der Waals surface area contributed by atoms with E-state index in [1.165, 1.54) is 0 Å². The number of rotatable bonds is 9. The van der Waals surface area contributed by atoms with E-state index in [0.29, 0.717) is 11.8 Å². The molecule has 1 aromatic carbocycles. The van der Waals surface area contributed by atoms with E-state index in [0.717, 1.165) is 36.6 Å². The van der Waals surface area contributed by atoms with E-state index >= 15 is 0 Å². The van der Waals surface area contributed by atoms with Crippen LogP contribution in [0, 0.1) is 17.3 Å². The minimum atomic E-state index is -0.368. The maximum atomic E-state index is 12.5. The van der Waals surface area contributed by atoms with Gasteiger partial charge in [0.05, 0.1) is 0 Å². The van der Waals surface area contributed by atoms with E-state index in [-0.39, 0.29) is 11.3 Å². The first-order chi connectivity index (χ1) is 11.1. The summed E-state index contributed by atoms with van der Waals surface area (Å²) in [5.41, 5.74) is 2.53. The van der Waals surface area contributed by atoms with Gasteiger partial charge in [-0.3, -0.25) is 4.79 Å². The summed E-state index contributed by atoms with van der Waals surface area (Å²) in [7, 11) is 0. The van der Waals surface area contributed by atoms with Crippen molar-refractivity contribution in [2.24, 2.45) is 17.3 Å². The molecule has 0 saturated carbocycles. The van der Waals surface area contributed by atoms with Gasteiger partial charge in [-0.2, -0.15) is 0 Å². The Hall–Kier alpha value is -1.71. The van der Waals surface area contributed by atoms with E-state index in [9.17, 15) is 4.79 Å². The quantitative estimate of drug-likeness (QED) is 0.582. The minimum absolute atomic E-state index is 0.0563. The summed E-state index contributed by atoms with van der Waals surface area (Å²) in [4.78, 5) is 12.5. The summed E-state index contributed by atoms with van der Waals surface area (Å²) in [5.74, 6) is 1.18. The third kappa shape index (κ3) is 6.81. The zero-order valence-electron chi connectivity index (χ0n) is 16.4. The Balaban J connectivity index is 2.97. The van der Waals surface area contributed by atoms with Crippen molar-refractivity contribution in [1.29, 1.82) is 0 Å². The van der Waals surface area contributed by atoms with Crippen molar-refractivity contribution >= 4 is 23.0 Å². The van der Waals surface area contributed by atoms with E-state index < -0.39 is 0 Å². The van der Waals surface area contributed by atoms with E-state index in [1.807, 2.05) is 32.9 Å². The van der Waals surface area contributed by atoms with Crippen molar-refractivity contribution < 1.29 is 4.79 Å². The fourth-order valence-corrected chi connectivity index (χ4v) is 2.01. The summed E-state index contributed by atoms with van der Waals surface area (Å²) < 4.78 is 0. The predicted octanol–water partition coefficient (Wildman–Crippen LogP) is 5.20. The lowest BCUT2D eigenvalue weighted by atomic mass is 9.89. The Morgan fingerprint density at radius 1 is 0.917 bits per heavy atom. The average Bonchev–Trinajstić information content (AvgIpc) is 2.50. The molecule has 0 radical (unpaired) electrons. The standard InChI is InChI=1S/C20H35N3O/c1-8-20(6,7)19(24)23-18-10-16(21-12-14(2)3)9-17(11-18)22-13-15(4)5/h9-11,14-15,21-22H,8,12-13H2,1-7H3,(H,23,24). The minimum Gasteiger partial charge on any atom is -0.385 e. The van der Waals surface area contributed by atoms with Crippen LogP contribution in [0.25, 0.3) is 0 Å². The maximum Gasteiger partial charge on any atom is 0.230 e. The molecule has 0 unspecified atom stereocenters. The Morgan fingerprint density at radius 2 is 1.33 bits per heavy atom. The van der Waals surface area contributed by atoms with Crippen LogP contribution in [0.1, 0.15) is 54.9 Å². The van der Waals surface area contributed by atoms with Crippen molar-refractivity contribution in [3.8, 4) is 0 Å². The van der Waals surface area contributed by atoms with Crippen LogP contribution in [-0.4, -0.2) is 19.0 Å². The molecule has 4 heteroatoms. The van der Waals surface area contributed by atoms with Crippen molar-refractivity contribution in [3.63, 3.8) is 0 Å². The van der Waals surface area contributed by atoms with Gasteiger partial charge in [0.25, 0.3) is 0 Å². The fraction of sp³-hybridized carbons (Fsp3) is 0.650. The molecule has 0 aliphatic rings. The highest BCUT2D eigenvalue weighted by molar-refractivity contribution is 5.95. The highest BCUT2D eigenvalue weighted by Crippen LogP contribution is 2.27. The molecule has 0 saturated heterocycles. The fourth-order valence-electron chi connectivity index (χ4n) is 2.01. The summed E-state index contributed by atoms with van der Waals surface area (Å²) in [5, 5.41) is 9.96. The predicted molar refractivity (Wildman–Crippen MR) is 106 cm³/mol. The first-order valence-electron chi connectivity index (χ1n) is 9.08. The van der Waals surface area contributed by atoms with Crippen molar-refractivity contribution in [3.05, 3.63) is 18.2 Å². The molecule has 0 bridgehead atoms. The highest BCUT2D eigenvalue weighted by Gasteiger charge is 2.25. The molecular formula is C20H35N3O. The van der Waals surface area contributed by atoms with Gasteiger partial charge in [0, 0.05) is 35.6 Å². The molecule has 0 spiro atoms. The van der Waals surface area contributed by atoms with E-state index in [4.69, 9.17) is 0 Å². The van der Waals surface area contributed by atoms with Gasteiger partial charge in [-0.25, -0.2) is 0 Å². The summed E-state index contributed by atoms with van der Waals surface area (Å²) in [6, 6.07) is 6.12. The molecule has 0 aromatic heterocycles. The van der Waals surface area contributed by atoms with Gasteiger partial charge in [0.2, 0.25) is 5.91 Å². The lowest BCUT2D eigenvalue weighted by molar-refractivity contribution is -0.124. The summed E-state index contributed by atoms with van der Waals surface area (Å²) in [6.07, 6.45) is 0.808. The molecule has 3 N–H and O–H groups in total. The second-order valence-corrected chi connectivity index (χ2v) is 8.04. The largest absolute Gasteiger partial charge is 0.385 e. The van der Waals surface area contributed by atoms with Crippen LogP contribution in [0.2, 0.25) is 0 Å². The number of nitrogens with one attached hydrogen (secondary N) is 3. The van der Waals surface area contributed by atoms with Gasteiger partial charge in [0.1, 0.15) is 0 Å². The second-order valence-electron chi connectivity index (χ2n) is 8.04. The van der Waals surface area contributed by atoms with Crippen LogP contribution in [0.5, 0.6) is 0 Å². The van der Waals surface area contributed by atoms with Crippen LogP contribution in [0.15, 0.2) is 18.2 Å². The SMILES string of the molecule is CCC(C)(C)C(=O)Nc1cc(NCC(C)C)cc(NCC(C)C)c1. The van der Waals surface area contributed by atoms with Crippen LogP contribution in [0.3, 0.4) is 0 Å². The molecule has 0 fully saturated rings. The Kier molecular flexibility index (Phi) is 7.59. The van der Waals surface area contributed by atoms with Crippen LogP contribution >= 0.6 is 0 Å². The number of benzene rings is 1. The number of hydrogen-bond acceptors (Lipinski definition) is 3. The van der Waals surface area contributed by atoms with Gasteiger partial charge < -0.3 is 16.0 Å². The van der Waals surface area contributed by atoms with Gasteiger partial charge in [-0.15, -0.1) is 0 Å². The van der Waals surface area contributed by atoms with Gasteiger partial charge in [-0.05, 0) is 36.5 Å². The molecule has 1 aromatic rings. The molecule has 0 heterocycles. The van der Waals surface area contributed by atoms with Crippen molar-refractivity contribution in [2.75, 3.05) is 29.0 Å². The van der Waals surface area contributed by atoms with Gasteiger partial charge >= 0.3 is 0 Å². The topological polar surface area (TPSA) is 53.2 Å². The number of carbonyl (C=O) groups excluding carboxylic acids is 1. The summed E-state index contributed by atoms with van der Waals surface area (Å²) in [6.45, 7) is 16.5. The van der Waals surface area contributed by atoms with Crippen molar-refractivity contribution in [2.45, 2.75) is 54.9 Å². The van der Waals surface area contributed by atoms with E-state index in [2.05, 4.69) is 49.7 Å². The number of anilines is 3.